The van der Waals surface area contributed by atoms with Gasteiger partial charge in [0.15, 0.2) is 4.80 Å². The molecule has 4 aromatic rings. The van der Waals surface area contributed by atoms with E-state index in [4.69, 9.17) is 14.2 Å². The molecule has 5 rings (SSSR count). The second-order valence-corrected chi connectivity index (χ2v) is 10.9. The number of carbonyl (C=O) groups is 2. The van der Waals surface area contributed by atoms with Crippen molar-refractivity contribution in [2.75, 3.05) is 20.8 Å². The molecule has 1 aliphatic heterocycles. The molecule has 11 heteroatoms. The molecule has 1 aliphatic rings. The molecule has 0 bridgehead atoms. The molecule has 0 amide bonds. The molecule has 1 unspecified atom stereocenters. The predicted molar refractivity (Wildman–Crippen MR) is 162 cm³/mol. The maximum atomic E-state index is 14.1. The summed E-state index contributed by atoms with van der Waals surface area (Å²) in [7, 11) is 3.07. The summed E-state index contributed by atoms with van der Waals surface area (Å²) in [6.07, 6.45) is 1.82. The number of hydrogen-bond donors (Lipinski definition) is 1. The van der Waals surface area contributed by atoms with E-state index in [2.05, 4.69) is 4.99 Å². The van der Waals surface area contributed by atoms with Crippen LogP contribution in [0.3, 0.4) is 0 Å². The fraction of sp³-hybridized carbons (Fsp3) is 0.250. The third-order valence-electron chi connectivity index (χ3n) is 7.38. The largest absolute Gasteiger partial charge is 0.497 e. The Bertz CT molecular complexity index is 1960. The number of carboxylic acid groups (broad SMARTS) is 1. The highest BCUT2D eigenvalue weighted by atomic mass is 32.1. The Labute approximate surface area is 251 Å². The number of aromatic nitrogens is 2. The number of aromatic carboxylic acids is 1. The zero-order valence-electron chi connectivity index (χ0n) is 24.6. The Morgan fingerprint density at radius 1 is 1.05 bits per heavy atom. The quantitative estimate of drug-likeness (QED) is 0.304. The Balaban J connectivity index is 1.70. The van der Waals surface area contributed by atoms with Crippen molar-refractivity contribution in [1.29, 1.82) is 0 Å². The van der Waals surface area contributed by atoms with Crippen LogP contribution in [0.4, 0.5) is 0 Å². The van der Waals surface area contributed by atoms with E-state index in [-0.39, 0.29) is 23.3 Å². The molecule has 0 aliphatic carbocycles. The molecule has 0 saturated carbocycles. The molecule has 0 radical (unpaired) electrons. The Kier molecular flexibility index (Phi) is 8.10. The van der Waals surface area contributed by atoms with Crippen LogP contribution in [-0.4, -0.2) is 47.0 Å². The van der Waals surface area contributed by atoms with E-state index in [1.807, 2.05) is 30.6 Å². The summed E-state index contributed by atoms with van der Waals surface area (Å²) in [4.78, 5) is 43.8. The van der Waals surface area contributed by atoms with Crippen LogP contribution in [0.5, 0.6) is 11.5 Å². The lowest BCUT2D eigenvalue weighted by Crippen LogP contribution is -2.40. The average molecular weight is 602 g/mol. The van der Waals surface area contributed by atoms with Crippen LogP contribution in [0.25, 0.3) is 11.8 Å². The first kappa shape index (κ1) is 29.6. The number of thiazole rings is 1. The summed E-state index contributed by atoms with van der Waals surface area (Å²) in [6.45, 7) is 7.50. The van der Waals surface area contributed by atoms with Crippen LogP contribution < -0.4 is 24.4 Å². The van der Waals surface area contributed by atoms with Gasteiger partial charge in [0.2, 0.25) is 0 Å². The third-order valence-corrected chi connectivity index (χ3v) is 8.36. The first-order valence-electron chi connectivity index (χ1n) is 13.5. The molecule has 1 atom stereocenters. The van der Waals surface area contributed by atoms with Crippen molar-refractivity contribution < 1.29 is 28.9 Å². The number of nitrogens with zero attached hydrogens (tertiary/aromatic N) is 3. The smallest absolute Gasteiger partial charge is 0.338 e. The van der Waals surface area contributed by atoms with Crippen LogP contribution >= 0.6 is 11.3 Å². The highest BCUT2D eigenvalue weighted by Crippen LogP contribution is 2.37. The van der Waals surface area contributed by atoms with Gasteiger partial charge in [-0.1, -0.05) is 11.3 Å². The van der Waals surface area contributed by atoms with E-state index in [0.717, 1.165) is 22.6 Å². The van der Waals surface area contributed by atoms with Gasteiger partial charge in [0.25, 0.3) is 5.56 Å². The topological polar surface area (TPSA) is 121 Å². The zero-order chi connectivity index (χ0) is 31.0. The Hall–Kier alpha value is -4.90. The number of rotatable bonds is 8. The number of fused-ring (bicyclic) bond motifs is 1. The van der Waals surface area contributed by atoms with Crippen LogP contribution in [0, 0.1) is 13.8 Å². The van der Waals surface area contributed by atoms with Gasteiger partial charge in [-0.3, -0.25) is 9.36 Å². The number of methoxy groups -OCH3 is 2. The van der Waals surface area contributed by atoms with Crippen LogP contribution in [-0.2, 0) is 9.53 Å². The van der Waals surface area contributed by atoms with Gasteiger partial charge in [0.1, 0.15) is 17.5 Å². The fourth-order valence-electron chi connectivity index (χ4n) is 5.36. The Morgan fingerprint density at radius 3 is 2.40 bits per heavy atom. The summed E-state index contributed by atoms with van der Waals surface area (Å²) in [6, 6.07) is 13.0. The monoisotopic (exact) mass is 601 g/mol. The van der Waals surface area contributed by atoms with Gasteiger partial charge in [-0.2, -0.15) is 0 Å². The molecule has 0 fully saturated rings. The molecule has 3 heterocycles. The van der Waals surface area contributed by atoms with E-state index in [0.29, 0.717) is 32.1 Å². The molecule has 0 spiro atoms. The first-order valence-corrected chi connectivity index (χ1v) is 14.4. The number of ether oxygens (including phenoxy) is 3. The van der Waals surface area contributed by atoms with Crippen LogP contribution in [0.15, 0.2) is 69.6 Å². The summed E-state index contributed by atoms with van der Waals surface area (Å²) < 4.78 is 20.5. The van der Waals surface area contributed by atoms with Crippen LogP contribution in [0.1, 0.15) is 52.8 Å². The molecular weight excluding hydrogens is 570 g/mol. The van der Waals surface area contributed by atoms with E-state index in [1.165, 1.54) is 23.0 Å². The zero-order valence-corrected chi connectivity index (χ0v) is 25.4. The highest BCUT2D eigenvalue weighted by molar-refractivity contribution is 7.07. The number of carboxylic acids is 1. The second-order valence-electron chi connectivity index (χ2n) is 9.92. The van der Waals surface area contributed by atoms with Gasteiger partial charge >= 0.3 is 11.9 Å². The van der Waals surface area contributed by atoms with E-state index in [1.54, 1.807) is 63.4 Å². The van der Waals surface area contributed by atoms with Gasteiger partial charge in [-0.25, -0.2) is 14.6 Å². The van der Waals surface area contributed by atoms with Gasteiger partial charge in [-0.05, 0) is 87.9 Å². The van der Waals surface area contributed by atoms with Crippen molar-refractivity contribution in [2.24, 2.45) is 4.99 Å². The maximum Gasteiger partial charge on any atom is 0.338 e. The summed E-state index contributed by atoms with van der Waals surface area (Å²) >= 11 is 1.23. The average Bonchev–Trinajstić information content (AvgIpc) is 3.45. The summed E-state index contributed by atoms with van der Waals surface area (Å²) in [5.74, 6) is -0.533. The molecule has 222 valence electrons. The van der Waals surface area contributed by atoms with Gasteiger partial charge in [0.05, 0.1) is 42.2 Å². The number of benzene rings is 2. The SMILES string of the molecule is CCOC(=O)C1=C(C)N=c2s/c(=C/c3cc(C)n(-c4ccc(C(=O)O)cc4)c3C)c(=O)n2C1c1cc(OC)ccc1OC. The van der Waals surface area contributed by atoms with Crippen molar-refractivity contribution in [3.8, 4) is 17.2 Å². The number of allylic oxidation sites excluding steroid dienone is 1. The molecular formula is C32H31N3O7S. The standard InChI is InChI=1S/C32H31N3O7S/c1-7-42-31(39)27-18(3)33-32-35(28(27)24-16-23(40-5)12-13-25(24)41-6)29(36)26(43-32)15-21-14-17(2)34(19(21)4)22-10-8-20(9-11-22)30(37)38/h8-16,28H,7H2,1-6H3,(H,37,38)/b26-15+. The summed E-state index contributed by atoms with van der Waals surface area (Å²) in [5, 5.41) is 9.26. The van der Waals surface area contributed by atoms with Gasteiger partial charge in [0, 0.05) is 22.6 Å². The second kappa shape index (κ2) is 11.8. The highest BCUT2D eigenvalue weighted by Gasteiger charge is 2.35. The minimum absolute atomic E-state index is 0.163. The normalized spacial score (nSPS) is 14.7. The van der Waals surface area contributed by atoms with E-state index < -0.39 is 18.0 Å². The molecule has 1 N–H and O–H groups in total. The third kappa shape index (κ3) is 5.27. The van der Waals surface area contributed by atoms with Crippen LogP contribution in [0.2, 0.25) is 0 Å². The van der Waals surface area contributed by atoms with Crippen molar-refractivity contribution >= 4 is 29.4 Å². The maximum absolute atomic E-state index is 14.1. The number of hydrogen-bond acceptors (Lipinski definition) is 8. The van der Waals surface area contributed by atoms with Crippen molar-refractivity contribution in [3.63, 3.8) is 0 Å². The summed E-state index contributed by atoms with van der Waals surface area (Å²) in [5.41, 5.74) is 4.56. The van der Waals surface area contributed by atoms with Crippen molar-refractivity contribution in [2.45, 2.75) is 33.7 Å². The van der Waals surface area contributed by atoms with Crippen molar-refractivity contribution in [1.82, 2.24) is 9.13 Å². The number of esters is 1. The lowest BCUT2D eigenvalue weighted by atomic mass is 9.94. The lowest BCUT2D eigenvalue weighted by Gasteiger charge is -2.26. The molecule has 10 nitrogen and oxygen atoms in total. The first-order chi connectivity index (χ1) is 20.6. The fourth-order valence-corrected chi connectivity index (χ4v) is 6.40. The van der Waals surface area contributed by atoms with Gasteiger partial charge in [-0.15, -0.1) is 0 Å². The number of aryl methyl sites for hydroxylation is 1. The number of carbonyl (C=O) groups excluding carboxylic acids is 1. The lowest BCUT2D eigenvalue weighted by molar-refractivity contribution is -0.139. The molecule has 0 saturated heterocycles. The van der Waals surface area contributed by atoms with Gasteiger partial charge < -0.3 is 23.9 Å². The Morgan fingerprint density at radius 2 is 1.77 bits per heavy atom. The molecule has 2 aromatic heterocycles. The van der Waals surface area contributed by atoms with Crippen molar-refractivity contribution in [3.05, 3.63) is 108 Å². The molecule has 43 heavy (non-hydrogen) atoms. The predicted octanol–water partition coefficient (Wildman–Crippen LogP) is 3.92. The molecule has 2 aromatic carbocycles. The minimum Gasteiger partial charge on any atom is -0.497 e. The van der Waals surface area contributed by atoms with E-state index >= 15 is 0 Å². The minimum atomic E-state index is -0.991. The van der Waals surface area contributed by atoms with E-state index in [9.17, 15) is 19.5 Å².